The molecule has 0 heterocycles. The van der Waals surface area contributed by atoms with Crippen LogP contribution in [0.4, 0.5) is 0 Å². The molecule has 142 valence electrons. The molecule has 2 N–H and O–H groups in total. The maximum absolute atomic E-state index is 5.62. The lowest BCUT2D eigenvalue weighted by Crippen LogP contribution is -2.04. The highest BCUT2D eigenvalue weighted by Crippen LogP contribution is 2.40. The molecule has 2 aromatic carbocycles. The maximum Gasteiger partial charge on any atom is 0.154 e. The second-order valence-corrected chi connectivity index (χ2v) is 6.44. The van der Waals surface area contributed by atoms with Gasteiger partial charge in [0.05, 0.1) is 7.11 Å². The van der Waals surface area contributed by atoms with E-state index >= 15 is 0 Å². The standard InChI is InChI=1S/C25H25NO2/c1-4-9-18(5-2)20-12-14-24(27-3)22(16-20)23-17-21(13-15-25(23)28-26)19-10-7-6-8-11-19/h4-5,7,9-17H,1-2,6,8,26H2,3H3/b18-9+. The number of benzene rings is 2. The fraction of sp³-hybridized carbons (Fsp3) is 0.120. The van der Waals surface area contributed by atoms with Gasteiger partial charge in [-0.3, -0.25) is 0 Å². The van der Waals surface area contributed by atoms with Crippen molar-refractivity contribution in [1.29, 1.82) is 0 Å². The van der Waals surface area contributed by atoms with Crippen molar-refractivity contribution >= 4 is 11.1 Å². The van der Waals surface area contributed by atoms with E-state index in [1.807, 2.05) is 36.4 Å². The molecular formula is C25H25NO2. The highest BCUT2D eigenvalue weighted by Gasteiger charge is 2.15. The van der Waals surface area contributed by atoms with Gasteiger partial charge in [0.25, 0.3) is 0 Å². The highest BCUT2D eigenvalue weighted by molar-refractivity contribution is 5.86. The van der Waals surface area contributed by atoms with Crippen LogP contribution < -0.4 is 15.5 Å². The van der Waals surface area contributed by atoms with E-state index in [-0.39, 0.29) is 0 Å². The fourth-order valence-electron chi connectivity index (χ4n) is 3.36. The van der Waals surface area contributed by atoms with Crippen molar-refractivity contribution in [2.45, 2.75) is 12.8 Å². The van der Waals surface area contributed by atoms with Crippen LogP contribution in [-0.2, 0) is 0 Å². The smallest absolute Gasteiger partial charge is 0.154 e. The molecule has 0 radical (unpaired) electrons. The Hall–Kier alpha value is -3.30. The van der Waals surface area contributed by atoms with Gasteiger partial charge in [0, 0.05) is 11.1 Å². The first-order valence-corrected chi connectivity index (χ1v) is 9.23. The summed E-state index contributed by atoms with van der Waals surface area (Å²) in [7, 11) is 1.66. The number of nitrogens with two attached hydrogens (primary N) is 1. The van der Waals surface area contributed by atoms with Crippen LogP contribution in [0.1, 0.15) is 24.0 Å². The number of methoxy groups -OCH3 is 1. The third-order valence-electron chi connectivity index (χ3n) is 4.78. The molecule has 3 heteroatoms. The largest absolute Gasteiger partial charge is 0.496 e. The average Bonchev–Trinajstić information content (AvgIpc) is 2.77. The van der Waals surface area contributed by atoms with Crippen molar-refractivity contribution < 1.29 is 9.57 Å². The molecule has 3 rings (SSSR count). The number of allylic oxidation sites excluding steroid dienone is 8. The molecule has 28 heavy (non-hydrogen) atoms. The van der Waals surface area contributed by atoms with E-state index in [9.17, 15) is 0 Å². The molecule has 0 bridgehead atoms. The van der Waals surface area contributed by atoms with Crippen molar-refractivity contribution in [1.82, 2.24) is 0 Å². The zero-order valence-corrected chi connectivity index (χ0v) is 16.2. The lowest BCUT2D eigenvalue weighted by molar-refractivity contribution is 0.335. The topological polar surface area (TPSA) is 44.5 Å². The minimum Gasteiger partial charge on any atom is -0.496 e. The number of rotatable bonds is 7. The van der Waals surface area contributed by atoms with Crippen LogP contribution >= 0.6 is 0 Å². The van der Waals surface area contributed by atoms with Crippen LogP contribution in [0, 0.1) is 0 Å². The van der Waals surface area contributed by atoms with Crippen molar-refractivity contribution in [3.8, 4) is 22.6 Å². The summed E-state index contributed by atoms with van der Waals surface area (Å²) in [6.45, 7) is 7.68. The van der Waals surface area contributed by atoms with Crippen LogP contribution in [0.2, 0.25) is 0 Å². The Bertz CT molecular complexity index is 980. The van der Waals surface area contributed by atoms with Crippen LogP contribution in [0.15, 0.2) is 86.0 Å². The predicted octanol–water partition coefficient (Wildman–Crippen LogP) is 6.10. The Labute approximate surface area is 166 Å². The van der Waals surface area contributed by atoms with Gasteiger partial charge in [-0.15, -0.1) is 0 Å². The molecule has 2 aromatic rings. The summed E-state index contributed by atoms with van der Waals surface area (Å²) in [5.74, 6) is 6.90. The van der Waals surface area contributed by atoms with Gasteiger partial charge in [0.1, 0.15) is 5.75 Å². The molecule has 0 fully saturated rings. The van der Waals surface area contributed by atoms with Gasteiger partial charge in [0.15, 0.2) is 5.75 Å². The average molecular weight is 371 g/mol. The summed E-state index contributed by atoms with van der Waals surface area (Å²) in [6.07, 6.45) is 14.2. The summed E-state index contributed by atoms with van der Waals surface area (Å²) in [6, 6.07) is 12.0. The first kappa shape index (κ1) is 19.5. The molecule has 0 saturated heterocycles. The van der Waals surface area contributed by atoms with Crippen LogP contribution in [0.5, 0.6) is 11.5 Å². The van der Waals surface area contributed by atoms with E-state index in [0.29, 0.717) is 5.75 Å². The number of ether oxygens (including phenoxy) is 1. The van der Waals surface area contributed by atoms with Gasteiger partial charge in [0.2, 0.25) is 0 Å². The third-order valence-corrected chi connectivity index (χ3v) is 4.78. The van der Waals surface area contributed by atoms with Gasteiger partial charge in [-0.25, -0.2) is 0 Å². The van der Waals surface area contributed by atoms with E-state index in [0.717, 1.165) is 46.4 Å². The zero-order valence-electron chi connectivity index (χ0n) is 16.2. The molecule has 0 unspecified atom stereocenters. The fourth-order valence-corrected chi connectivity index (χ4v) is 3.36. The van der Waals surface area contributed by atoms with Gasteiger partial charge >= 0.3 is 0 Å². The minimum atomic E-state index is 0.590. The molecule has 0 spiro atoms. The predicted molar refractivity (Wildman–Crippen MR) is 118 cm³/mol. The van der Waals surface area contributed by atoms with Crippen molar-refractivity contribution in [3.05, 3.63) is 97.1 Å². The zero-order chi connectivity index (χ0) is 19.9. The molecule has 0 aromatic heterocycles. The second kappa shape index (κ2) is 9.07. The quantitative estimate of drug-likeness (QED) is 0.472. The number of hydrogen-bond donors (Lipinski definition) is 1. The first-order valence-electron chi connectivity index (χ1n) is 9.23. The van der Waals surface area contributed by atoms with Crippen molar-refractivity contribution in [2.75, 3.05) is 7.11 Å². The Balaban J connectivity index is 2.19. The third kappa shape index (κ3) is 4.00. The van der Waals surface area contributed by atoms with Crippen LogP contribution in [-0.4, -0.2) is 7.11 Å². The Morgan fingerprint density at radius 1 is 1.04 bits per heavy atom. The summed E-state index contributed by atoms with van der Waals surface area (Å²) in [5.41, 5.74) is 6.08. The molecule has 1 aliphatic carbocycles. The van der Waals surface area contributed by atoms with Gasteiger partial charge in [-0.2, -0.15) is 5.90 Å². The summed E-state index contributed by atoms with van der Waals surface area (Å²) < 4.78 is 5.62. The summed E-state index contributed by atoms with van der Waals surface area (Å²) >= 11 is 0. The first-order chi connectivity index (χ1) is 13.7. The summed E-state index contributed by atoms with van der Waals surface area (Å²) in [5, 5.41) is 0. The Morgan fingerprint density at radius 2 is 1.82 bits per heavy atom. The molecular weight excluding hydrogens is 346 g/mol. The summed E-state index contributed by atoms with van der Waals surface area (Å²) in [4.78, 5) is 5.17. The second-order valence-electron chi connectivity index (χ2n) is 6.44. The van der Waals surface area contributed by atoms with Crippen molar-refractivity contribution in [3.63, 3.8) is 0 Å². The Kier molecular flexibility index (Phi) is 6.30. The monoisotopic (exact) mass is 371 g/mol. The van der Waals surface area contributed by atoms with Gasteiger partial charge in [-0.1, -0.05) is 61.7 Å². The van der Waals surface area contributed by atoms with E-state index < -0.39 is 0 Å². The maximum atomic E-state index is 5.62. The van der Waals surface area contributed by atoms with E-state index in [2.05, 4.69) is 43.5 Å². The molecule has 0 aliphatic heterocycles. The molecule has 3 nitrogen and oxygen atoms in total. The lowest BCUT2D eigenvalue weighted by Gasteiger charge is -2.16. The van der Waals surface area contributed by atoms with Gasteiger partial charge < -0.3 is 9.57 Å². The van der Waals surface area contributed by atoms with E-state index in [1.54, 1.807) is 13.2 Å². The SMILES string of the molecule is C=C/C=C(\C=C)c1ccc(OC)c(-c2cc(C3=CCCC=C3)ccc2ON)c1. The van der Waals surface area contributed by atoms with Crippen molar-refractivity contribution in [2.24, 2.45) is 5.90 Å². The van der Waals surface area contributed by atoms with E-state index in [4.69, 9.17) is 15.5 Å². The van der Waals surface area contributed by atoms with E-state index in [1.165, 1.54) is 5.57 Å². The Morgan fingerprint density at radius 3 is 2.46 bits per heavy atom. The highest BCUT2D eigenvalue weighted by atomic mass is 16.6. The minimum absolute atomic E-state index is 0.590. The molecule has 1 aliphatic rings. The van der Waals surface area contributed by atoms with Crippen LogP contribution in [0.3, 0.4) is 0 Å². The molecule has 0 saturated carbocycles. The molecule has 0 atom stereocenters. The normalized spacial score (nSPS) is 13.6. The van der Waals surface area contributed by atoms with Gasteiger partial charge in [-0.05, 0) is 59.4 Å². The number of hydrogen-bond acceptors (Lipinski definition) is 3. The lowest BCUT2D eigenvalue weighted by atomic mass is 9.93. The molecule has 0 amide bonds. The van der Waals surface area contributed by atoms with Crippen LogP contribution in [0.25, 0.3) is 22.3 Å².